The summed E-state index contributed by atoms with van der Waals surface area (Å²) < 4.78 is 5.18. The molecule has 0 atom stereocenters. The fourth-order valence-corrected chi connectivity index (χ4v) is 2.48. The van der Waals surface area contributed by atoms with Gasteiger partial charge in [0.15, 0.2) is 0 Å². The molecule has 0 amide bonds. The first-order valence-corrected chi connectivity index (χ1v) is 8.40. The molecule has 2 aromatic carbocycles. The van der Waals surface area contributed by atoms with E-state index < -0.39 is 9.76 Å². The fourth-order valence-electron chi connectivity index (χ4n) is 1.70. The summed E-state index contributed by atoms with van der Waals surface area (Å²) in [6.45, 7) is 1.42. The quantitative estimate of drug-likeness (QED) is 0.629. The van der Waals surface area contributed by atoms with Crippen molar-refractivity contribution in [3.05, 3.63) is 71.8 Å². The largest absolute Gasteiger partial charge is 0.523 e. The second-order valence-electron chi connectivity index (χ2n) is 4.63. The topological polar surface area (TPSA) is 26.3 Å². The third kappa shape index (κ3) is 5.71. The molecule has 0 radical (unpaired) electrons. The standard InChI is InChI=1S/C19H16O2Si/c1-16(20)21-22-19(14-12-17-8-4-2-5-9-17)15-13-18-10-6-3-7-11-18/h2-11,19H,22H2,1H3. The zero-order valence-electron chi connectivity index (χ0n) is 12.4. The van der Waals surface area contributed by atoms with Gasteiger partial charge in [-0.25, -0.2) is 0 Å². The lowest BCUT2D eigenvalue weighted by Crippen LogP contribution is -2.09. The minimum Gasteiger partial charge on any atom is -0.523 e. The van der Waals surface area contributed by atoms with E-state index in [4.69, 9.17) is 4.43 Å². The van der Waals surface area contributed by atoms with Crippen LogP contribution in [0.2, 0.25) is 5.54 Å². The first-order chi connectivity index (χ1) is 10.7. The molecule has 3 heteroatoms. The average Bonchev–Trinajstić information content (AvgIpc) is 2.56. The molecule has 108 valence electrons. The molecular weight excluding hydrogens is 288 g/mol. The van der Waals surface area contributed by atoms with Crippen molar-refractivity contribution in [3.8, 4) is 23.7 Å². The highest BCUT2D eigenvalue weighted by Gasteiger charge is 2.05. The van der Waals surface area contributed by atoms with Crippen LogP contribution in [0.1, 0.15) is 18.1 Å². The minimum atomic E-state index is -1.15. The summed E-state index contributed by atoms with van der Waals surface area (Å²) in [7, 11) is -1.15. The highest BCUT2D eigenvalue weighted by atomic mass is 28.2. The molecule has 2 nitrogen and oxygen atoms in total. The molecule has 0 N–H and O–H groups in total. The second kappa shape index (κ2) is 8.52. The zero-order valence-corrected chi connectivity index (χ0v) is 13.8. The van der Waals surface area contributed by atoms with Crippen LogP contribution in [-0.4, -0.2) is 15.7 Å². The molecule has 0 aliphatic heterocycles. The number of hydrogen-bond donors (Lipinski definition) is 0. The van der Waals surface area contributed by atoms with Crippen molar-refractivity contribution < 1.29 is 9.22 Å². The van der Waals surface area contributed by atoms with Gasteiger partial charge in [0.1, 0.15) is 5.54 Å². The summed E-state index contributed by atoms with van der Waals surface area (Å²) in [5.41, 5.74) is 1.70. The van der Waals surface area contributed by atoms with E-state index in [-0.39, 0.29) is 11.5 Å². The van der Waals surface area contributed by atoms with Gasteiger partial charge in [-0.05, 0) is 24.3 Å². The van der Waals surface area contributed by atoms with Crippen molar-refractivity contribution in [1.82, 2.24) is 0 Å². The Hall–Kier alpha value is -2.75. The van der Waals surface area contributed by atoms with Gasteiger partial charge in [0.2, 0.25) is 9.76 Å². The molecule has 22 heavy (non-hydrogen) atoms. The zero-order chi connectivity index (χ0) is 15.6. The molecule has 0 saturated carbocycles. The van der Waals surface area contributed by atoms with Crippen molar-refractivity contribution in [2.24, 2.45) is 0 Å². The van der Waals surface area contributed by atoms with Crippen molar-refractivity contribution in [3.63, 3.8) is 0 Å². The summed E-state index contributed by atoms with van der Waals surface area (Å²) in [6.07, 6.45) is 0. The van der Waals surface area contributed by atoms with Crippen molar-refractivity contribution in [1.29, 1.82) is 0 Å². The van der Waals surface area contributed by atoms with E-state index in [2.05, 4.69) is 23.7 Å². The maximum absolute atomic E-state index is 11.0. The predicted molar refractivity (Wildman–Crippen MR) is 90.7 cm³/mol. The minimum absolute atomic E-state index is 0.177. The van der Waals surface area contributed by atoms with E-state index >= 15 is 0 Å². The van der Waals surface area contributed by atoms with Crippen LogP contribution in [0.25, 0.3) is 0 Å². The fraction of sp³-hybridized carbons (Fsp3) is 0.105. The summed E-state index contributed by atoms with van der Waals surface area (Å²) in [4.78, 5) is 11.0. The van der Waals surface area contributed by atoms with Gasteiger partial charge in [0.25, 0.3) is 5.97 Å². The van der Waals surface area contributed by atoms with Crippen LogP contribution in [0.3, 0.4) is 0 Å². The van der Waals surface area contributed by atoms with Crippen LogP contribution in [-0.2, 0) is 9.22 Å². The van der Waals surface area contributed by atoms with E-state index in [1.807, 2.05) is 60.7 Å². The highest BCUT2D eigenvalue weighted by Crippen LogP contribution is 2.04. The lowest BCUT2D eigenvalue weighted by Gasteiger charge is -2.02. The first-order valence-electron chi connectivity index (χ1n) is 7.00. The van der Waals surface area contributed by atoms with Crippen LogP contribution in [0.5, 0.6) is 0 Å². The molecule has 0 unspecified atom stereocenters. The van der Waals surface area contributed by atoms with E-state index in [9.17, 15) is 4.79 Å². The van der Waals surface area contributed by atoms with Crippen molar-refractivity contribution in [2.45, 2.75) is 12.5 Å². The van der Waals surface area contributed by atoms with E-state index in [0.717, 1.165) is 11.1 Å². The molecule has 2 aromatic rings. The molecule has 0 heterocycles. The maximum Gasteiger partial charge on any atom is 0.289 e. The normalized spacial score (nSPS) is 9.73. The van der Waals surface area contributed by atoms with Gasteiger partial charge < -0.3 is 4.43 Å². The van der Waals surface area contributed by atoms with Gasteiger partial charge in [0, 0.05) is 18.1 Å². The highest BCUT2D eigenvalue weighted by molar-refractivity contribution is 6.35. The summed E-state index contributed by atoms with van der Waals surface area (Å²) in [5, 5.41) is 0. The Labute approximate surface area is 133 Å². The predicted octanol–water partition coefficient (Wildman–Crippen LogP) is 2.53. The second-order valence-corrected chi connectivity index (χ2v) is 6.06. The first kappa shape index (κ1) is 15.6. The Bertz CT molecular complexity index is 673. The molecule has 0 aliphatic carbocycles. The van der Waals surface area contributed by atoms with Crippen LogP contribution in [0, 0.1) is 23.7 Å². The Balaban J connectivity index is 2.15. The van der Waals surface area contributed by atoms with Gasteiger partial charge in [-0.15, -0.1) is 0 Å². The number of benzene rings is 2. The lowest BCUT2D eigenvalue weighted by atomic mass is 10.2. The summed E-state index contributed by atoms with van der Waals surface area (Å²) >= 11 is 0. The Morgan fingerprint density at radius 2 is 1.36 bits per heavy atom. The number of rotatable bonds is 2. The molecule has 0 spiro atoms. The SMILES string of the molecule is CC(=O)O[SiH2]C(C#Cc1ccccc1)C#Cc1ccccc1. The van der Waals surface area contributed by atoms with Gasteiger partial charge in [-0.2, -0.15) is 0 Å². The lowest BCUT2D eigenvalue weighted by molar-refractivity contribution is -0.131. The molecular formula is C19H16O2Si. The summed E-state index contributed by atoms with van der Waals surface area (Å²) in [6, 6.07) is 19.5. The van der Waals surface area contributed by atoms with Crippen LogP contribution in [0.15, 0.2) is 60.7 Å². The molecule has 2 rings (SSSR count). The summed E-state index contributed by atoms with van der Waals surface area (Å²) in [5.74, 6) is 12.2. The van der Waals surface area contributed by atoms with E-state index in [1.165, 1.54) is 6.92 Å². The Kier molecular flexibility index (Phi) is 6.05. The molecule has 0 bridgehead atoms. The van der Waals surface area contributed by atoms with E-state index in [1.54, 1.807) is 0 Å². The molecule has 0 aromatic heterocycles. The third-order valence-electron chi connectivity index (χ3n) is 2.78. The molecule has 0 saturated heterocycles. The van der Waals surface area contributed by atoms with Crippen molar-refractivity contribution in [2.75, 3.05) is 0 Å². The van der Waals surface area contributed by atoms with Crippen LogP contribution < -0.4 is 0 Å². The Morgan fingerprint density at radius 3 is 1.77 bits per heavy atom. The van der Waals surface area contributed by atoms with E-state index in [0.29, 0.717) is 0 Å². The van der Waals surface area contributed by atoms with Crippen LogP contribution in [0.4, 0.5) is 0 Å². The smallest absolute Gasteiger partial charge is 0.289 e. The van der Waals surface area contributed by atoms with Gasteiger partial charge in [-0.3, -0.25) is 4.79 Å². The molecule has 0 fully saturated rings. The number of hydrogen-bond acceptors (Lipinski definition) is 2. The third-order valence-corrected chi connectivity index (χ3v) is 4.10. The van der Waals surface area contributed by atoms with Crippen molar-refractivity contribution >= 4 is 15.7 Å². The monoisotopic (exact) mass is 304 g/mol. The Morgan fingerprint density at radius 1 is 0.909 bits per heavy atom. The maximum atomic E-state index is 11.0. The molecule has 0 aliphatic rings. The number of carbonyl (C=O) groups excluding carboxylic acids is 1. The van der Waals surface area contributed by atoms with Gasteiger partial charge in [-0.1, -0.05) is 60.1 Å². The average molecular weight is 304 g/mol. The van der Waals surface area contributed by atoms with Crippen LogP contribution >= 0.6 is 0 Å². The number of carbonyl (C=O) groups is 1. The van der Waals surface area contributed by atoms with Gasteiger partial charge in [0.05, 0.1) is 0 Å². The van der Waals surface area contributed by atoms with Gasteiger partial charge >= 0.3 is 0 Å².